The van der Waals surface area contributed by atoms with E-state index in [0.717, 1.165) is 0 Å². The third kappa shape index (κ3) is 4.97. The van der Waals surface area contributed by atoms with Gasteiger partial charge >= 0.3 is 0 Å². The van der Waals surface area contributed by atoms with Gasteiger partial charge < -0.3 is 20.1 Å². The van der Waals surface area contributed by atoms with Gasteiger partial charge in [0, 0.05) is 17.4 Å². The van der Waals surface area contributed by atoms with Crippen molar-refractivity contribution in [2.45, 2.75) is 20.4 Å². The Balaban J connectivity index is 1.67. The molecule has 0 saturated heterocycles. The molecule has 0 fully saturated rings. The second kappa shape index (κ2) is 9.24. The maximum absolute atomic E-state index is 13.7. The Kier molecular flexibility index (Phi) is 6.49. The van der Waals surface area contributed by atoms with Crippen molar-refractivity contribution < 1.29 is 23.5 Å². The Hall–Kier alpha value is -3.95. The fourth-order valence-electron chi connectivity index (χ4n) is 2.83. The van der Waals surface area contributed by atoms with Crippen LogP contribution in [0.1, 0.15) is 21.7 Å². The van der Waals surface area contributed by atoms with Crippen LogP contribution in [-0.2, 0) is 11.3 Å². The van der Waals surface area contributed by atoms with Gasteiger partial charge in [0.2, 0.25) is 5.91 Å². The zero-order chi connectivity index (χ0) is 22.5. The summed E-state index contributed by atoms with van der Waals surface area (Å²) in [5.74, 6) is -0.328. The van der Waals surface area contributed by atoms with Crippen molar-refractivity contribution in [2.24, 2.45) is 0 Å². The number of halogens is 1. The molecule has 9 nitrogen and oxygen atoms in total. The molecule has 3 rings (SSSR count). The quantitative estimate of drug-likeness (QED) is 0.600. The van der Waals surface area contributed by atoms with Gasteiger partial charge in [0.15, 0.2) is 17.2 Å². The number of carbonyl (C=O) groups excluding carboxylic acids is 2. The number of carbonyl (C=O) groups is 2. The minimum atomic E-state index is -0.549. The molecule has 10 heteroatoms. The predicted octanol–water partition coefficient (Wildman–Crippen LogP) is 2.94. The highest BCUT2D eigenvalue weighted by atomic mass is 19.1. The zero-order valence-electron chi connectivity index (χ0n) is 17.5. The lowest BCUT2D eigenvalue weighted by molar-refractivity contribution is -0.117. The van der Waals surface area contributed by atoms with Crippen molar-refractivity contribution in [1.29, 1.82) is 0 Å². The van der Waals surface area contributed by atoms with E-state index in [2.05, 4.69) is 20.9 Å². The number of amides is 2. The predicted molar refractivity (Wildman–Crippen MR) is 112 cm³/mol. The summed E-state index contributed by atoms with van der Waals surface area (Å²) in [6.07, 6.45) is 0. The van der Waals surface area contributed by atoms with Gasteiger partial charge in [0.25, 0.3) is 5.91 Å². The molecule has 162 valence electrons. The molecule has 2 N–H and O–H groups in total. The van der Waals surface area contributed by atoms with Gasteiger partial charge in [0.1, 0.15) is 12.4 Å². The molecule has 1 heterocycles. The molecule has 0 atom stereocenters. The van der Waals surface area contributed by atoms with Crippen molar-refractivity contribution in [3.8, 4) is 11.5 Å². The topological polar surface area (TPSA) is 107 Å². The van der Waals surface area contributed by atoms with Crippen LogP contribution in [-0.4, -0.2) is 41.0 Å². The maximum atomic E-state index is 13.7. The molecule has 0 bridgehead atoms. The summed E-state index contributed by atoms with van der Waals surface area (Å²) in [6, 6.07) is 9.35. The van der Waals surface area contributed by atoms with E-state index in [1.807, 2.05) is 0 Å². The van der Waals surface area contributed by atoms with Gasteiger partial charge in [-0.15, -0.1) is 5.10 Å². The fourth-order valence-corrected chi connectivity index (χ4v) is 2.83. The number of benzene rings is 2. The summed E-state index contributed by atoms with van der Waals surface area (Å²) in [7, 11) is 3.02. The van der Waals surface area contributed by atoms with E-state index in [-0.39, 0.29) is 18.1 Å². The molecule has 0 aliphatic carbocycles. The molecule has 2 aromatic carbocycles. The molecule has 0 saturated carbocycles. The first kappa shape index (κ1) is 21.8. The number of nitrogens with zero attached hydrogens (tertiary/aromatic N) is 3. The highest BCUT2D eigenvalue weighted by molar-refractivity contribution is 6.03. The molecule has 0 radical (unpaired) electrons. The minimum absolute atomic E-state index is 0.0416. The standard InChI is InChI=1S/C21H22FN5O4/c1-12-5-6-14(9-16(12)22)24-21(29)20-13(2)27(26-25-20)11-19(28)23-15-7-8-17(30-3)18(10-15)31-4/h5-10H,11H2,1-4H3,(H,23,28)(H,24,29). The van der Waals surface area contributed by atoms with Crippen LogP contribution in [0.25, 0.3) is 0 Å². The summed E-state index contributed by atoms with van der Waals surface area (Å²) in [4.78, 5) is 24.9. The van der Waals surface area contributed by atoms with Gasteiger partial charge in [-0.2, -0.15) is 0 Å². The Bertz CT molecular complexity index is 1130. The van der Waals surface area contributed by atoms with E-state index in [9.17, 15) is 14.0 Å². The van der Waals surface area contributed by atoms with Crippen molar-refractivity contribution >= 4 is 23.2 Å². The maximum Gasteiger partial charge on any atom is 0.278 e. The SMILES string of the molecule is COc1ccc(NC(=O)Cn2nnc(C(=O)Nc3ccc(C)c(F)c3)c2C)cc1OC. The Morgan fingerprint density at radius 2 is 1.68 bits per heavy atom. The fraction of sp³-hybridized carbons (Fsp3) is 0.238. The Labute approximate surface area is 178 Å². The van der Waals surface area contributed by atoms with Crippen LogP contribution in [0.4, 0.5) is 15.8 Å². The first-order valence-corrected chi connectivity index (χ1v) is 9.32. The first-order chi connectivity index (χ1) is 14.8. The molecule has 31 heavy (non-hydrogen) atoms. The summed E-state index contributed by atoms with van der Waals surface area (Å²) >= 11 is 0. The minimum Gasteiger partial charge on any atom is -0.493 e. The number of hydrogen-bond donors (Lipinski definition) is 2. The number of nitrogens with one attached hydrogen (secondary N) is 2. The van der Waals surface area contributed by atoms with Gasteiger partial charge in [-0.1, -0.05) is 11.3 Å². The Morgan fingerprint density at radius 3 is 2.35 bits per heavy atom. The third-order valence-electron chi connectivity index (χ3n) is 4.59. The molecule has 0 aliphatic heterocycles. The number of ether oxygens (including phenoxy) is 2. The average molecular weight is 427 g/mol. The van der Waals surface area contributed by atoms with Crippen LogP contribution in [0.2, 0.25) is 0 Å². The van der Waals surface area contributed by atoms with Gasteiger partial charge in [-0.3, -0.25) is 9.59 Å². The largest absolute Gasteiger partial charge is 0.493 e. The van der Waals surface area contributed by atoms with Crippen LogP contribution in [0.15, 0.2) is 36.4 Å². The average Bonchev–Trinajstić information content (AvgIpc) is 3.10. The van der Waals surface area contributed by atoms with Crippen LogP contribution in [0.5, 0.6) is 11.5 Å². The second-order valence-electron chi connectivity index (χ2n) is 6.72. The van der Waals surface area contributed by atoms with E-state index < -0.39 is 11.7 Å². The summed E-state index contributed by atoms with van der Waals surface area (Å²) in [6.45, 7) is 3.09. The van der Waals surface area contributed by atoms with Crippen LogP contribution < -0.4 is 20.1 Å². The molecule has 1 aromatic heterocycles. The molecule has 0 spiro atoms. The summed E-state index contributed by atoms with van der Waals surface area (Å²) in [5, 5.41) is 13.0. The Morgan fingerprint density at radius 1 is 1.00 bits per heavy atom. The van der Waals surface area contributed by atoms with E-state index >= 15 is 0 Å². The van der Waals surface area contributed by atoms with E-state index in [4.69, 9.17) is 9.47 Å². The zero-order valence-corrected chi connectivity index (χ0v) is 17.5. The van der Waals surface area contributed by atoms with Crippen molar-refractivity contribution in [3.05, 3.63) is 59.2 Å². The molecule has 0 unspecified atom stereocenters. The van der Waals surface area contributed by atoms with Crippen molar-refractivity contribution in [2.75, 3.05) is 24.9 Å². The molecule has 3 aromatic rings. The molecular formula is C21H22FN5O4. The van der Waals surface area contributed by atoms with Crippen LogP contribution >= 0.6 is 0 Å². The lowest BCUT2D eigenvalue weighted by atomic mass is 10.2. The molecule has 2 amide bonds. The van der Waals surface area contributed by atoms with Gasteiger partial charge in [-0.05, 0) is 43.7 Å². The second-order valence-corrected chi connectivity index (χ2v) is 6.72. The van der Waals surface area contributed by atoms with Crippen molar-refractivity contribution in [3.63, 3.8) is 0 Å². The number of anilines is 2. The number of methoxy groups -OCH3 is 2. The lowest BCUT2D eigenvalue weighted by Gasteiger charge is -2.11. The number of hydrogen-bond acceptors (Lipinski definition) is 6. The lowest BCUT2D eigenvalue weighted by Crippen LogP contribution is -2.21. The monoisotopic (exact) mass is 427 g/mol. The number of rotatable bonds is 7. The number of aryl methyl sites for hydroxylation is 1. The van der Waals surface area contributed by atoms with E-state index in [1.54, 1.807) is 44.2 Å². The highest BCUT2D eigenvalue weighted by Gasteiger charge is 2.19. The summed E-state index contributed by atoms with van der Waals surface area (Å²) < 4.78 is 25.4. The van der Waals surface area contributed by atoms with Crippen molar-refractivity contribution in [1.82, 2.24) is 15.0 Å². The summed E-state index contributed by atoms with van der Waals surface area (Å²) in [5.41, 5.74) is 1.72. The van der Waals surface area contributed by atoms with E-state index in [0.29, 0.717) is 34.1 Å². The smallest absolute Gasteiger partial charge is 0.278 e. The number of aromatic nitrogens is 3. The van der Waals surface area contributed by atoms with Crippen LogP contribution in [0, 0.1) is 19.7 Å². The normalized spacial score (nSPS) is 10.5. The van der Waals surface area contributed by atoms with Gasteiger partial charge in [-0.25, -0.2) is 9.07 Å². The third-order valence-corrected chi connectivity index (χ3v) is 4.59. The highest BCUT2D eigenvalue weighted by Crippen LogP contribution is 2.29. The van der Waals surface area contributed by atoms with Crippen LogP contribution in [0.3, 0.4) is 0 Å². The molecular weight excluding hydrogens is 405 g/mol. The van der Waals surface area contributed by atoms with Gasteiger partial charge in [0.05, 0.1) is 19.9 Å². The molecule has 0 aliphatic rings. The van der Waals surface area contributed by atoms with E-state index in [1.165, 1.54) is 25.0 Å². The first-order valence-electron chi connectivity index (χ1n) is 9.32.